The standard InChI is InChI=1S/C14H13ClN2O3S/c15-12-8-10(16)6-7-13(12)17-14(18)9-21(19,20)11-4-2-1-3-5-11/h1-8H,9,16H2,(H,17,18). The van der Waals surface area contributed by atoms with Gasteiger partial charge in [-0.3, -0.25) is 4.79 Å². The van der Waals surface area contributed by atoms with Gasteiger partial charge in [0.1, 0.15) is 5.75 Å². The summed E-state index contributed by atoms with van der Waals surface area (Å²) in [6.45, 7) is 0. The van der Waals surface area contributed by atoms with Gasteiger partial charge in [-0.25, -0.2) is 8.42 Å². The summed E-state index contributed by atoms with van der Waals surface area (Å²) in [6.07, 6.45) is 0. The summed E-state index contributed by atoms with van der Waals surface area (Å²) in [7, 11) is -3.68. The van der Waals surface area contributed by atoms with Crippen LogP contribution in [-0.2, 0) is 14.6 Å². The van der Waals surface area contributed by atoms with Gasteiger partial charge < -0.3 is 11.1 Å². The Balaban J connectivity index is 2.12. The highest BCUT2D eigenvalue weighted by atomic mass is 35.5. The molecule has 3 N–H and O–H groups in total. The molecule has 0 aromatic heterocycles. The van der Waals surface area contributed by atoms with E-state index in [2.05, 4.69) is 5.32 Å². The minimum Gasteiger partial charge on any atom is -0.399 e. The summed E-state index contributed by atoms with van der Waals surface area (Å²) in [6, 6.07) is 12.3. The molecule has 2 aromatic carbocycles. The number of nitrogens with one attached hydrogen (secondary N) is 1. The molecule has 0 bridgehead atoms. The Labute approximate surface area is 127 Å². The van der Waals surface area contributed by atoms with Crippen molar-refractivity contribution in [3.8, 4) is 0 Å². The van der Waals surface area contributed by atoms with Gasteiger partial charge in [-0.15, -0.1) is 0 Å². The molecule has 0 aliphatic carbocycles. The first kappa shape index (κ1) is 15.3. The quantitative estimate of drug-likeness (QED) is 0.845. The van der Waals surface area contributed by atoms with Gasteiger partial charge in [-0.05, 0) is 30.3 Å². The number of benzene rings is 2. The zero-order valence-corrected chi connectivity index (χ0v) is 12.5. The van der Waals surface area contributed by atoms with Gasteiger partial charge in [0.25, 0.3) is 0 Å². The lowest BCUT2D eigenvalue weighted by Gasteiger charge is -2.08. The van der Waals surface area contributed by atoms with Crippen LogP contribution in [0.5, 0.6) is 0 Å². The van der Waals surface area contributed by atoms with Crippen molar-refractivity contribution in [2.45, 2.75) is 4.90 Å². The molecule has 2 aromatic rings. The number of anilines is 2. The monoisotopic (exact) mass is 324 g/mol. The van der Waals surface area contributed by atoms with Crippen LogP contribution in [0, 0.1) is 0 Å². The summed E-state index contributed by atoms with van der Waals surface area (Å²) in [5, 5.41) is 2.71. The lowest BCUT2D eigenvalue weighted by Crippen LogP contribution is -2.23. The lowest BCUT2D eigenvalue weighted by atomic mass is 10.3. The van der Waals surface area contributed by atoms with E-state index in [1.54, 1.807) is 24.3 Å². The summed E-state index contributed by atoms with van der Waals surface area (Å²) < 4.78 is 24.1. The molecule has 0 aliphatic heterocycles. The SMILES string of the molecule is Nc1ccc(NC(=O)CS(=O)(=O)c2ccccc2)c(Cl)c1. The number of carbonyl (C=O) groups is 1. The van der Waals surface area contributed by atoms with Crippen LogP contribution < -0.4 is 11.1 Å². The predicted octanol–water partition coefficient (Wildman–Crippen LogP) is 2.33. The van der Waals surface area contributed by atoms with E-state index in [0.29, 0.717) is 11.4 Å². The van der Waals surface area contributed by atoms with Crippen LogP contribution in [0.25, 0.3) is 0 Å². The van der Waals surface area contributed by atoms with Gasteiger partial charge in [0.05, 0.1) is 15.6 Å². The maximum absolute atomic E-state index is 12.1. The minimum atomic E-state index is -3.68. The fourth-order valence-corrected chi connectivity index (χ4v) is 3.09. The van der Waals surface area contributed by atoms with Gasteiger partial charge in [0, 0.05) is 5.69 Å². The molecule has 0 fully saturated rings. The summed E-state index contributed by atoms with van der Waals surface area (Å²) in [4.78, 5) is 12.0. The second-order valence-corrected chi connectivity index (χ2v) is 6.76. The number of sulfone groups is 1. The minimum absolute atomic E-state index is 0.101. The Hall–Kier alpha value is -2.05. The van der Waals surface area contributed by atoms with Gasteiger partial charge in [0.2, 0.25) is 5.91 Å². The first-order chi connectivity index (χ1) is 9.88. The molecule has 0 unspecified atom stereocenters. The summed E-state index contributed by atoms with van der Waals surface area (Å²) in [5.74, 6) is -1.32. The molecule has 0 heterocycles. The van der Waals surface area contributed by atoms with Gasteiger partial charge in [-0.2, -0.15) is 0 Å². The molecule has 0 saturated carbocycles. The zero-order chi connectivity index (χ0) is 15.5. The molecule has 2 rings (SSSR count). The molecule has 5 nitrogen and oxygen atoms in total. The second kappa shape index (κ2) is 6.15. The maximum Gasteiger partial charge on any atom is 0.240 e. The highest BCUT2D eigenvalue weighted by Gasteiger charge is 2.19. The van der Waals surface area contributed by atoms with Crippen LogP contribution in [-0.4, -0.2) is 20.1 Å². The van der Waals surface area contributed by atoms with Gasteiger partial charge in [-0.1, -0.05) is 29.8 Å². The van der Waals surface area contributed by atoms with Crippen molar-refractivity contribution in [3.05, 3.63) is 53.6 Å². The highest BCUT2D eigenvalue weighted by Crippen LogP contribution is 2.24. The molecule has 21 heavy (non-hydrogen) atoms. The van der Waals surface area contributed by atoms with E-state index in [1.165, 1.54) is 24.3 Å². The average Bonchev–Trinajstić information content (AvgIpc) is 2.42. The van der Waals surface area contributed by atoms with Crippen molar-refractivity contribution < 1.29 is 13.2 Å². The molecule has 7 heteroatoms. The van der Waals surface area contributed by atoms with Crippen LogP contribution >= 0.6 is 11.6 Å². The first-order valence-corrected chi connectivity index (χ1v) is 8.04. The Bertz CT molecular complexity index is 761. The van der Waals surface area contributed by atoms with Crippen LogP contribution in [0.1, 0.15) is 0 Å². The molecule has 110 valence electrons. The lowest BCUT2D eigenvalue weighted by molar-refractivity contribution is -0.113. The molecule has 0 aliphatic rings. The number of nitrogens with two attached hydrogens (primary N) is 1. The largest absolute Gasteiger partial charge is 0.399 e. The van der Waals surface area contributed by atoms with Crippen molar-refractivity contribution >= 4 is 38.7 Å². The Morgan fingerprint density at radius 3 is 2.43 bits per heavy atom. The molecule has 0 radical (unpaired) electrons. The molecule has 0 saturated heterocycles. The maximum atomic E-state index is 12.1. The third kappa shape index (κ3) is 3.96. The fourth-order valence-electron chi connectivity index (χ4n) is 1.70. The predicted molar refractivity (Wildman–Crippen MR) is 83.0 cm³/mol. The number of carbonyl (C=O) groups excluding carboxylic acids is 1. The Morgan fingerprint density at radius 2 is 1.81 bits per heavy atom. The van der Waals surface area contributed by atoms with E-state index in [4.69, 9.17) is 17.3 Å². The number of amides is 1. The van der Waals surface area contributed by atoms with E-state index in [9.17, 15) is 13.2 Å². The van der Waals surface area contributed by atoms with E-state index in [-0.39, 0.29) is 9.92 Å². The van der Waals surface area contributed by atoms with Crippen LogP contribution in [0.2, 0.25) is 5.02 Å². The number of halogens is 1. The van der Waals surface area contributed by atoms with E-state index in [0.717, 1.165) is 0 Å². The van der Waals surface area contributed by atoms with Crippen LogP contribution in [0.3, 0.4) is 0 Å². The van der Waals surface area contributed by atoms with Crippen LogP contribution in [0.15, 0.2) is 53.4 Å². The highest BCUT2D eigenvalue weighted by molar-refractivity contribution is 7.92. The third-order valence-electron chi connectivity index (χ3n) is 2.69. The molecular formula is C14H13ClN2O3S. The van der Waals surface area contributed by atoms with Crippen molar-refractivity contribution in [1.82, 2.24) is 0 Å². The number of rotatable bonds is 4. The van der Waals surface area contributed by atoms with Crippen LogP contribution in [0.4, 0.5) is 11.4 Å². The Morgan fingerprint density at radius 1 is 1.14 bits per heavy atom. The van der Waals surface area contributed by atoms with Gasteiger partial charge >= 0.3 is 0 Å². The number of hydrogen-bond donors (Lipinski definition) is 2. The third-order valence-corrected chi connectivity index (χ3v) is 4.64. The summed E-state index contributed by atoms with van der Waals surface area (Å²) >= 11 is 5.92. The smallest absolute Gasteiger partial charge is 0.240 e. The van der Waals surface area contributed by atoms with E-state index in [1.807, 2.05) is 0 Å². The second-order valence-electron chi connectivity index (χ2n) is 4.36. The van der Waals surface area contributed by atoms with Crippen molar-refractivity contribution in [2.24, 2.45) is 0 Å². The average molecular weight is 325 g/mol. The van der Waals surface area contributed by atoms with Crippen molar-refractivity contribution in [3.63, 3.8) is 0 Å². The van der Waals surface area contributed by atoms with E-state index >= 15 is 0 Å². The van der Waals surface area contributed by atoms with Crippen molar-refractivity contribution in [1.29, 1.82) is 0 Å². The molecule has 0 atom stereocenters. The molecule has 1 amide bonds. The normalized spacial score (nSPS) is 11.1. The van der Waals surface area contributed by atoms with Crippen molar-refractivity contribution in [2.75, 3.05) is 16.8 Å². The number of hydrogen-bond acceptors (Lipinski definition) is 4. The topological polar surface area (TPSA) is 89.3 Å². The Kier molecular flexibility index (Phi) is 4.50. The molecular weight excluding hydrogens is 312 g/mol. The fraction of sp³-hybridized carbons (Fsp3) is 0.0714. The zero-order valence-electron chi connectivity index (χ0n) is 10.9. The number of nitrogen functional groups attached to an aromatic ring is 1. The van der Waals surface area contributed by atoms with E-state index < -0.39 is 21.5 Å². The summed E-state index contributed by atoms with van der Waals surface area (Å²) in [5.41, 5.74) is 6.32. The first-order valence-electron chi connectivity index (χ1n) is 6.01. The van der Waals surface area contributed by atoms with Gasteiger partial charge in [0.15, 0.2) is 9.84 Å². The molecule has 0 spiro atoms.